The van der Waals surface area contributed by atoms with Crippen LogP contribution in [0, 0.1) is 17.3 Å². The average molecular weight is 276 g/mol. The number of rotatable bonds is 2. The van der Waals surface area contributed by atoms with Gasteiger partial charge in [-0.2, -0.15) is 26.3 Å². The second kappa shape index (κ2) is 3.89. The van der Waals surface area contributed by atoms with Crippen molar-refractivity contribution in [3.8, 4) is 0 Å². The van der Waals surface area contributed by atoms with Crippen LogP contribution in [0.4, 0.5) is 26.3 Å². The third-order valence-electron chi connectivity index (χ3n) is 3.13. The number of allylic oxidation sites excluding steroid dienone is 2. The van der Waals surface area contributed by atoms with Gasteiger partial charge in [0.1, 0.15) is 5.57 Å². The van der Waals surface area contributed by atoms with Crippen LogP contribution >= 0.6 is 0 Å². The van der Waals surface area contributed by atoms with Gasteiger partial charge in [0.15, 0.2) is 0 Å². The third kappa shape index (κ3) is 2.62. The molecule has 18 heavy (non-hydrogen) atoms. The molecule has 0 aromatic carbocycles. The second-order valence-electron chi connectivity index (χ2n) is 4.74. The third-order valence-corrected chi connectivity index (χ3v) is 3.13. The van der Waals surface area contributed by atoms with Gasteiger partial charge < -0.3 is 5.11 Å². The van der Waals surface area contributed by atoms with E-state index in [1.807, 2.05) is 0 Å². The van der Waals surface area contributed by atoms with Gasteiger partial charge in [-0.15, -0.1) is 0 Å². The van der Waals surface area contributed by atoms with Crippen LogP contribution in [-0.2, 0) is 4.79 Å². The molecule has 8 heteroatoms. The van der Waals surface area contributed by atoms with Crippen molar-refractivity contribution in [2.75, 3.05) is 0 Å². The minimum absolute atomic E-state index is 0.0151. The molecule has 0 aromatic rings. The van der Waals surface area contributed by atoms with Crippen molar-refractivity contribution >= 4 is 5.97 Å². The number of aliphatic carboxylic acids is 1. The summed E-state index contributed by atoms with van der Waals surface area (Å²) in [5.74, 6) is -3.89. The van der Waals surface area contributed by atoms with Crippen LogP contribution in [0.15, 0.2) is 11.6 Å². The molecule has 0 aliphatic heterocycles. The number of hydrogen-bond acceptors (Lipinski definition) is 1. The molecule has 1 aliphatic carbocycles. The highest BCUT2D eigenvalue weighted by Crippen LogP contribution is 2.60. The zero-order valence-electron chi connectivity index (χ0n) is 9.36. The van der Waals surface area contributed by atoms with Crippen molar-refractivity contribution in [2.24, 2.45) is 17.3 Å². The Morgan fingerprint density at radius 2 is 1.50 bits per heavy atom. The molecule has 2 nitrogen and oxygen atoms in total. The fourth-order valence-electron chi connectivity index (χ4n) is 1.99. The highest BCUT2D eigenvalue weighted by molar-refractivity contribution is 5.76. The Bertz CT molecular complexity index is 374. The first kappa shape index (κ1) is 14.8. The molecule has 104 valence electrons. The topological polar surface area (TPSA) is 37.3 Å². The Balaban J connectivity index is 3.11. The molecule has 1 saturated carbocycles. The lowest BCUT2D eigenvalue weighted by Gasteiger charge is -2.15. The predicted molar refractivity (Wildman–Crippen MR) is 48.6 cm³/mol. The number of alkyl halides is 6. The van der Waals surface area contributed by atoms with Gasteiger partial charge >= 0.3 is 18.3 Å². The molecule has 0 radical (unpaired) electrons. The van der Waals surface area contributed by atoms with E-state index in [1.165, 1.54) is 13.8 Å². The molecule has 0 saturated heterocycles. The summed E-state index contributed by atoms with van der Waals surface area (Å²) in [5, 5.41) is 8.69. The Morgan fingerprint density at radius 3 is 1.72 bits per heavy atom. The Labute approximate surface area is 98.3 Å². The van der Waals surface area contributed by atoms with Crippen molar-refractivity contribution < 1.29 is 36.2 Å². The monoisotopic (exact) mass is 276 g/mol. The molecule has 0 aromatic heterocycles. The Hall–Kier alpha value is -1.21. The summed E-state index contributed by atoms with van der Waals surface area (Å²) in [7, 11) is 0. The van der Waals surface area contributed by atoms with E-state index in [0.717, 1.165) is 0 Å². The van der Waals surface area contributed by atoms with Crippen molar-refractivity contribution in [1.82, 2.24) is 0 Å². The molecule has 0 amide bonds. The van der Waals surface area contributed by atoms with E-state index in [0.29, 0.717) is 0 Å². The minimum atomic E-state index is -5.54. The normalized spacial score (nSPS) is 26.7. The van der Waals surface area contributed by atoms with E-state index in [9.17, 15) is 31.1 Å². The summed E-state index contributed by atoms with van der Waals surface area (Å²) in [4.78, 5) is 10.7. The van der Waals surface area contributed by atoms with E-state index in [-0.39, 0.29) is 6.08 Å². The molecular weight excluding hydrogens is 266 g/mol. The lowest BCUT2D eigenvalue weighted by atomic mass is 10.1. The van der Waals surface area contributed by atoms with Crippen LogP contribution in [0.3, 0.4) is 0 Å². The highest BCUT2D eigenvalue weighted by Gasteiger charge is 2.63. The molecule has 1 N–H and O–H groups in total. The fourth-order valence-corrected chi connectivity index (χ4v) is 1.99. The Morgan fingerprint density at radius 1 is 1.11 bits per heavy atom. The first-order chi connectivity index (χ1) is 7.79. The van der Waals surface area contributed by atoms with E-state index in [2.05, 4.69) is 0 Å². The van der Waals surface area contributed by atoms with Gasteiger partial charge in [-0.05, 0) is 11.3 Å². The van der Waals surface area contributed by atoms with E-state index < -0.39 is 41.1 Å². The van der Waals surface area contributed by atoms with Crippen LogP contribution in [0.1, 0.15) is 13.8 Å². The van der Waals surface area contributed by atoms with Gasteiger partial charge in [0, 0.05) is 0 Å². The van der Waals surface area contributed by atoms with Crippen molar-refractivity contribution in [3.63, 3.8) is 0 Å². The van der Waals surface area contributed by atoms with Crippen LogP contribution in [0.5, 0.6) is 0 Å². The number of carboxylic acid groups (broad SMARTS) is 1. The van der Waals surface area contributed by atoms with Gasteiger partial charge in [0.2, 0.25) is 0 Å². The highest BCUT2D eigenvalue weighted by atomic mass is 19.4. The largest absolute Gasteiger partial charge is 0.481 e. The average Bonchev–Trinajstić information content (AvgIpc) is 2.59. The number of hydrogen-bond donors (Lipinski definition) is 1. The van der Waals surface area contributed by atoms with E-state index in [4.69, 9.17) is 5.11 Å². The molecule has 0 unspecified atom stereocenters. The molecular formula is C10H10F6O2. The van der Waals surface area contributed by atoms with Crippen LogP contribution in [-0.4, -0.2) is 23.4 Å². The predicted octanol–water partition coefficient (Wildman–Crippen LogP) is 3.39. The maximum atomic E-state index is 12.2. The first-order valence-electron chi connectivity index (χ1n) is 4.88. The van der Waals surface area contributed by atoms with Gasteiger partial charge in [-0.25, -0.2) is 0 Å². The van der Waals surface area contributed by atoms with Crippen LogP contribution in [0.2, 0.25) is 0 Å². The molecule has 0 bridgehead atoms. The first-order valence-corrected chi connectivity index (χ1v) is 4.88. The minimum Gasteiger partial charge on any atom is -0.481 e. The molecule has 1 fully saturated rings. The van der Waals surface area contributed by atoms with Gasteiger partial charge in [-0.1, -0.05) is 19.9 Å². The second-order valence-corrected chi connectivity index (χ2v) is 4.74. The molecule has 0 spiro atoms. The fraction of sp³-hybridized carbons (Fsp3) is 0.700. The van der Waals surface area contributed by atoms with Gasteiger partial charge in [0.25, 0.3) is 0 Å². The summed E-state index contributed by atoms with van der Waals surface area (Å²) in [6.07, 6.45) is -11.1. The van der Waals surface area contributed by atoms with Crippen molar-refractivity contribution in [1.29, 1.82) is 0 Å². The van der Waals surface area contributed by atoms with Gasteiger partial charge in [-0.3, -0.25) is 4.79 Å². The lowest BCUT2D eigenvalue weighted by molar-refractivity contribution is -0.172. The zero-order valence-corrected chi connectivity index (χ0v) is 9.36. The van der Waals surface area contributed by atoms with Crippen molar-refractivity contribution in [2.45, 2.75) is 26.2 Å². The standard InChI is InChI=1S/C10H10F6O2/c1-8(2)4(6(8)7(17)18)3-5(9(11,12)13)10(14,15)16/h3-4,6H,1-2H3,(H,17,18)/t4-,6-/m1/s1. The van der Waals surface area contributed by atoms with E-state index in [1.54, 1.807) is 0 Å². The summed E-state index contributed by atoms with van der Waals surface area (Å²) >= 11 is 0. The van der Waals surface area contributed by atoms with Crippen LogP contribution < -0.4 is 0 Å². The van der Waals surface area contributed by atoms with Gasteiger partial charge in [0.05, 0.1) is 5.92 Å². The maximum Gasteiger partial charge on any atom is 0.421 e. The number of carbonyl (C=O) groups is 1. The lowest BCUT2D eigenvalue weighted by Crippen LogP contribution is -2.26. The quantitative estimate of drug-likeness (QED) is 0.620. The number of carboxylic acids is 1. The summed E-state index contributed by atoms with van der Waals surface area (Å²) < 4.78 is 73.5. The summed E-state index contributed by atoms with van der Waals surface area (Å²) in [6.45, 7) is 2.63. The SMILES string of the molecule is CC1(C)[C@H](C=C(C(F)(F)F)C(F)(F)F)[C@@H]1C(=O)O. The number of halogens is 6. The molecule has 0 heterocycles. The molecule has 1 rings (SSSR count). The summed E-state index contributed by atoms with van der Waals surface area (Å²) in [6, 6.07) is 0. The zero-order chi connectivity index (χ0) is 14.5. The molecule has 2 atom stereocenters. The molecule has 1 aliphatic rings. The maximum absolute atomic E-state index is 12.2. The Kier molecular flexibility index (Phi) is 3.21. The summed E-state index contributed by atoms with van der Waals surface area (Å²) in [5.41, 5.74) is -3.75. The smallest absolute Gasteiger partial charge is 0.421 e. The van der Waals surface area contributed by atoms with Crippen LogP contribution in [0.25, 0.3) is 0 Å². The van der Waals surface area contributed by atoms with E-state index >= 15 is 0 Å². The van der Waals surface area contributed by atoms with Crippen molar-refractivity contribution in [3.05, 3.63) is 11.6 Å².